The smallest absolute Gasteiger partial charge is 0.101 e. The summed E-state index contributed by atoms with van der Waals surface area (Å²) in [6.07, 6.45) is 5.39. The van der Waals surface area contributed by atoms with Gasteiger partial charge in [0, 0.05) is 10.6 Å². The first kappa shape index (κ1) is 12.5. The van der Waals surface area contributed by atoms with Crippen molar-refractivity contribution in [3.63, 3.8) is 0 Å². The average molecular weight is 227 g/mol. The molecule has 0 spiro atoms. The van der Waals surface area contributed by atoms with Crippen molar-refractivity contribution in [1.29, 1.82) is 0 Å². The molecule has 0 saturated carbocycles. The lowest BCUT2D eigenvalue weighted by atomic mass is 10.2. The molecule has 1 rings (SSSR count). The van der Waals surface area contributed by atoms with Crippen LogP contribution in [-0.2, 0) is 6.54 Å². The van der Waals surface area contributed by atoms with Crippen molar-refractivity contribution in [3.8, 4) is 0 Å². The van der Waals surface area contributed by atoms with Gasteiger partial charge in [0.15, 0.2) is 0 Å². The number of hydrogen-bond donors (Lipinski definition) is 1. The lowest BCUT2D eigenvalue weighted by molar-refractivity contribution is -0.671. The Balaban J connectivity index is 2.07. The quantitative estimate of drug-likeness (QED) is 0.689. The molecule has 2 heteroatoms. The van der Waals surface area contributed by atoms with E-state index in [0.717, 1.165) is 11.6 Å². The van der Waals surface area contributed by atoms with E-state index in [9.17, 15) is 0 Å². The molecule has 1 nitrogen and oxygen atoms in total. The van der Waals surface area contributed by atoms with Gasteiger partial charge in [-0.05, 0) is 25.0 Å². The van der Waals surface area contributed by atoms with Crippen LogP contribution < -0.4 is 5.32 Å². The molecule has 0 heterocycles. The van der Waals surface area contributed by atoms with Gasteiger partial charge in [0.2, 0.25) is 0 Å². The van der Waals surface area contributed by atoms with E-state index in [-0.39, 0.29) is 0 Å². The molecule has 0 aromatic heterocycles. The van der Waals surface area contributed by atoms with Crippen LogP contribution in [0.25, 0.3) is 0 Å². The zero-order valence-electron chi connectivity index (χ0n) is 9.51. The molecular weight excluding hydrogens is 206 g/mol. The van der Waals surface area contributed by atoms with E-state index < -0.39 is 0 Å². The molecule has 84 valence electrons. The topological polar surface area (TPSA) is 16.6 Å². The van der Waals surface area contributed by atoms with Crippen LogP contribution in [0.4, 0.5) is 0 Å². The van der Waals surface area contributed by atoms with Crippen LogP contribution in [0.2, 0.25) is 5.02 Å². The fourth-order valence-corrected chi connectivity index (χ4v) is 1.73. The molecule has 0 unspecified atom stereocenters. The summed E-state index contributed by atoms with van der Waals surface area (Å²) in [6.45, 7) is 4.56. The highest BCUT2D eigenvalue weighted by atomic mass is 35.5. The highest BCUT2D eigenvalue weighted by Gasteiger charge is 1.95. The Morgan fingerprint density at radius 3 is 2.47 bits per heavy atom. The van der Waals surface area contributed by atoms with E-state index in [1.54, 1.807) is 0 Å². The van der Waals surface area contributed by atoms with Crippen LogP contribution in [0, 0.1) is 0 Å². The molecule has 1 aromatic carbocycles. The maximum atomic E-state index is 5.82. The predicted molar refractivity (Wildman–Crippen MR) is 66.1 cm³/mol. The first-order valence-electron chi connectivity index (χ1n) is 5.89. The molecule has 0 radical (unpaired) electrons. The minimum Gasteiger partial charge on any atom is -0.343 e. The van der Waals surface area contributed by atoms with Gasteiger partial charge in [-0.2, -0.15) is 0 Å². The fraction of sp³-hybridized carbons (Fsp3) is 0.538. The number of quaternary nitrogens is 1. The monoisotopic (exact) mass is 226 g/mol. The molecule has 0 aliphatic rings. The third kappa shape index (κ3) is 5.81. The molecule has 1 aromatic rings. The third-order valence-corrected chi connectivity index (χ3v) is 2.81. The summed E-state index contributed by atoms with van der Waals surface area (Å²) < 4.78 is 0. The molecular formula is C13H21ClN+. The molecule has 0 aliphatic carbocycles. The first-order chi connectivity index (χ1) is 7.33. The van der Waals surface area contributed by atoms with E-state index in [1.807, 2.05) is 12.1 Å². The van der Waals surface area contributed by atoms with E-state index in [1.165, 1.54) is 37.8 Å². The van der Waals surface area contributed by atoms with E-state index in [2.05, 4.69) is 24.4 Å². The summed E-state index contributed by atoms with van der Waals surface area (Å²) in [5.41, 5.74) is 1.36. The summed E-state index contributed by atoms with van der Waals surface area (Å²) >= 11 is 5.82. The highest BCUT2D eigenvalue weighted by molar-refractivity contribution is 6.30. The molecule has 0 amide bonds. The zero-order chi connectivity index (χ0) is 10.9. The van der Waals surface area contributed by atoms with Crippen LogP contribution in [0.15, 0.2) is 24.3 Å². The Morgan fingerprint density at radius 1 is 1.07 bits per heavy atom. The van der Waals surface area contributed by atoms with Crippen molar-refractivity contribution in [2.75, 3.05) is 6.54 Å². The molecule has 0 aliphatic heterocycles. The Bertz CT molecular complexity index is 256. The summed E-state index contributed by atoms with van der Waals surface area (Å²) in [7, 11) is 0. The Kier molecular flexibility index (Phi) is 6.45. The van der Waals surface area contributed by atoms with Crippen molar-refractivity contribution in [2.24, 2.45) is 0 Å². The summed E-state index contributed by atoms with van der Waals surface area (Å²) in [5, 5.41) is 3.19. The van der Waals surface area contributed by atoms with Gasteiger partial charge < -0.3 is 5.32 Å². The summed E-state index contributed by atoms with van der Waals surface area (Å²) in [4.78, 5) is 0. The molecule has 0 bridgehead atoms. The highest BCUT2D eigenvalue weighted by Crippen LogP contribution is 2.08. The van der Waals surface area contributed by atoms with Gasteiger partial charge in [-0.3, -0.25) is 0 Å². The van der Waals surface area contributed by atoms with E-state index in [4.69, 9.17) is 11.6 Å². The standard InChI is InChI=1S/C13H20ClN/c1-2-3-4-5-10-15-11-12-6-8-13(14)9-7-12/h6-9,15H,2-5,10-11H2,1H3/p+1. The van der Waals surface area contributed by atoms with Gasteiger partial charge in [-0.15, -0.1) is 0 Å². The summed E-state index contributed by atoms with van der Waals surface area (Å²) in [5.74, 6) is 0. The summed E-state index contributed by atoms with van der Waals surface area (Å²) in [6, 6.07) is 8.12. The Hall–Kier alpha value is -0.530. The van der Waals surface area contributed by atoms with Crippen molar-refractivity contribution >= 4 is 11.6 Å². The minimum atomic E-state index is 0.821. The van der Waals surface area contributed by atoms with Crippen LogP contribution in [0.1, 0.15) is 38.2 Å². The molecule has 0 atom stereocenters. The second kappa shape index (κ2) is 7.72. The normalized spacial score (nSPS) is 10.5. The van der Waals surface area contributed by atoms with Crippen molar-refractivity contribution in [1.82, 2.24) is 0 Å². The number of nitrogens with two attached hydrogens (primary N) is 1. The van der Waals surface area contributed by atoms with Gasteiger partial charge in [0.25, 0.3) is 0 Å². The first-order valence-corrected chi connectivity index (χ1v) is 6.27. The number of rotatable bonds is 7. The van der Waals surface area contributed by atoms with E-state index >= 15 is 0 Å². The van der Waals surface area contributed by atoms with Gasteiger partial charge in [-0.1, -0.05) is 43.5 Å². The average Bonchev–Trinajstić information content (AvgIpc) is 2.26. The van der Waals surface area contributed by atoms with Gasteiger partial charge >= 0.3 is 0 Å². The largest absolute Gasteiger partial charge is 0.343 e. The predicted octanol–water partition coefficient (Wildman–Crippen LogP) is 2.98. The lowest BCUT2D eigenvalue weighted by Gasteiger charge is -2.01. The number of halogens is 1. The SMILES string of the molecule is CCCCCC[NH2+]Cc1ccc(Cl)cc1. The molecule has 0 saturated heterocycles. The van der Waals surface area contributed by atoms with Gasteiger partial charge in [-0.25, -0.2) is 0 Å². The third-order valence-electron chi connectivity index (χ3n) is 2.56. The minimum absolute atomic E-state index is 0.821. The van der Waals surface area contributed by atoms with Crippen LogP contribution in [0.3, 0.4) is 0 Å². The maximum Gasteiger partial charge on any atom is 0.101 e. The zero-order valence-corrected chi connectivity index (χ0v) is 10.3. The Labute approximate surface area is 97.8 Å². The lowest BCUT2D eigenvalue weighted by Crippen LogP contribution is -2.82. The number of hydrogen-bond acceptors (Lipinski definition) is 0. The Morgan fingerprint density at radius 2 is 1.80 bits per heavy atom. The molecule has 15 heavy (non-hydrogen) atoms. The number of unbranched alkanes of at least 4 members (excludes halogenated alkanes) is 3. The maximum absolute atomic E-state index is 5.82. The molecule has 2 N–H and O–H groups in total. The van der Waals surface area contributed by atoms with Gasteiger partial charge in [0.1, 0.15) is 6.54 Å². The van der Waals surface area contributed by atoms with Crippen LogP contribution in [-0.4, -0.2) is 6.54 Å². The van der Waals surface area contributed by atoms with Crippen molar-refractivity contribution < 1.29 is 5.32 Å². The second-order valence-corrected chi connectivity index (χ2v) is 4.41. The van der Waals surface area contributed by atoms with E-state index in [0.29, 0.717) is 0 Å². The number of benzene rings is 1. The second-order valence-electron chi connectivity index (χ2n) is 3.97. The fourth-order valence-electron chi connectivity index (χ4n) is 1.60. The van der Waals surface area contributed by atoms with Crippen molar-refractivity contribution in [3.05, 3.63) is 34.9 Å². The van der Waals surface area contributed by atoms with Crippen molar-refractivity contribution in [2.45, 2.75) is 39.2 Å². The molecule has 0 fully saturated rings. The van der Waals surface area contributed by atoms with Crippen LogP contribution in [0.5, 0.6) is 0 Å². The van der Waals surface area contributed by atoms with Crippen LogP contribution >= 0.6 is 11.6 Å². The van der Waals surface area contributed by atoms with Gasteiger partial charge in [0.05, 0.1) is 6.54 Å².